The Kier molecular flexibility index (Phi) is 6.88. The molecule has 2 rings (SSSR count). The van der Waals surface area contributed by atoms with Crippen molar-refractivity contribution >= 4 is 27.6 Å². The van der Waals surface area contributed by atoms with Gasteiger partial charge in [-0.3, -0.25) is 8.98 Å². The maximum absolute atomic E-state index is 12.5. The molecule has 1 aromatic carbocycles. The zero-order valence-electron chi connectivity index (χ0n) is 14.4. The summed E-state index contributed by atoms with van der Waals surface area (Å²) in [5.74, 6) is 6.04. The molecule has 1 fully saturated rings. The quantitative estimate of drug-likeness (QED) is 0.592. The molecule has 5 nitrogen and oxygen atoms in total. The summed E-state index contributed by atoms with van der Waals surface area (Å²) >= 11 is 5.86. The Morgan fingerprint density at radius 2 is 1.84 bits per heavy atom. The third kappa shape index (κ3) is 6.35. The summed E-state index contributed by atoms with van der Waals surface area (Å²) in [4.78, 5) is 14.3. The molecule has 0 heterocycles. The maximum atomic E-state index is 12.5. The van der Waals surface area contributed by atoms with E-state index in [1.54, 1.807) is 29.2 Å². The second-order valence-corrected chi connectivity index (χ2v) is 8.30. The molecule has 0 spiro atoms. The van der Waals surface area contributed by atoms with Crippen LogP contribution in [0.1, 0.15) is 36.0 Å². The van der Waals surface area contributed by atoms with Gasteiger partial charge in [-0.2, -0.15) is 8.42 Å². The van der Waals surface area contributed by atoms with E-state index in [9.17, 15) is 13.2 Å². The Morgan fingerprint density at radius 3 is 2.40 bits per heavy atom. The van der Waals surface area contributed by atoms with E-state index in [-0.39, 0.29) is 24.5 Å². The van der Waals surface area contributed by atoms with Crippen LogP contribution < -0.4 is 0 Å². The summed E-state index contributed by atoms with van der Waals surface area (Å²) in [5.41, 5.74) is 0.631. The highest BCUT2D eigenvalue weighted by molar-refractivity contribution is 7.86. The normalized spacial score (nSPS) is 20.4. The lowest BCUT2D eigenvalue weighted by Gasteiger charge is -2.33. The van der Waals surface area contributed by atoms with Gasteiger partial charge in [-0.05, 0) is 49.9 Å². The summed E-state index contributed by atoms with van der Waals surface area (Å²) in [6.07, 6.45) is 4.53. The van der Waals surface area contributed by atoms with E-state index in [1.165, 1.54) is 0 Å². The highest BCUT2D eigenvalue weighted by atomic mass is 35.5. The van der Waals surface area contributed by atoms with Crippen molar-refractivity contribution in [3.8, 4) is 11.8 Å². The zero-order valence-corrected chi connectivity index (χ0v) is 15.9. The largest absolute Gasteiger partial charge is 0.339 e. The highest BCUT2D eigenvalue weighted by Crippen LogP contribution is 2.27. The van der Waals surface area contributed by atoms with E-state index >= 15 is 0 Å². The Bertz CT molecular complexity index is 757. The minimum atomic E-state index is -3.44. The number of benzene rings is 1. The van der Waals surface area contributed by atoms with Crippen LogP contribution in [0.3, 0.4) is 0 Å². The van der Waals surface area contributed by atoms with Gasteiger partial charge in [0.05, 0.1) is 6.26 Å². The lowest BCUT2D eigenvalue weighted by Crippen LogP contribution is -2.39. The van der Waals surface area contributed by atoms with E-state index in [2.05, 4.69) is 16.0 Å². The summed E-state index contributed by atoms with van der Waals surface area (Å²) in [6.45, 7) is -0.103. The van der Waals surface area contributed by atoms with E-state index < -0.39 is 10.1 Å². The first-order valence-corrected chi connectivity index (χ1v) is 10.3. The zero-order chi connectivity index (χ0) is 18.4. The number of hydrogen-bond donors (Lipinski definition) is 0. The molecular formula is C18H22ClNO4S. The lowest BCUT2D eigenvalue weighted by molar-refractivity contribution is 0.0686. The van der Waals surface area contributed by atoms with Crippen LogP contribution in [0.25, 0.3) is 0 Å². The molecule has 0 N–H and O–H groups in total. The molecule has 1 aliphatic carbocycles. The summed E-state index contributed by atoms with van der Waals surface area (Å²) < 4.78 is 26.3. The van der Waals surface area contributed by atoms with E-state index in [4.69, 9.17) is 11.6 Å². The molecule has 1 saturated carbocycles. The van der Waals surface area contributed by atoms with E-state index in [1.807, 2.05) is 7.05 Å². The van der Waals surface area contributed by atoms with Crippen LogP contribution in [0.2, 0.25) is 5.02 Å². The van der Waals surface area contributed by atoms with Gasteiger partial charge in [-0.25, -0.2) is 0 Å². The Morgan fingerprint density at radius 1 is 1.24 bits per heavy atom. The fraction of sp³-hybridized carbons (Fsp3) is 0.500. The Balaban J connectivity index is 1.84. The number of rotatable bonds is 4. The average Bonchev–Trinajstić information content (AvgIpc) is 2.58. The van der Waals surface area contributed by atoms with Crippen molar-refractivity contribution in [2.75, 3.05) is 19.9 Å². The molecule has 1 aliphatic rings. The Hall–Kier alpha value is -1.55. The van der Waals surface area contributed by atoms with Gasteiger partial charge in [-0.15, -0.1) is 0 Å². The van der Waals surface area contributed by atoms with Crippen LogP contribution in [0.15, 0.2) is 24.3 Å². The van der Waals surface area contributed by atoms with Crippen molar-refractivity contribution in [2.45, 2.75) is 31.7 Å². The molecular weight excluding hydrogens is 362 g/mol. The van der Waals surface area contributed by atoms with Crippen LogP contribution in [0.5, 0.6) is 0 Å². The molecule has 0 radical (unpaired) electrons. The number of hydrogen-bond acceptors (Lipinski definition) is 4. The first kappa shape index (κ1) is 19.8. The fourth-order valence-electron chi connectivity index (χ4n) is 2.89. The lowest BCUT2D eigenvalue weighted by atomic mass is 9.85. The second-order valence-electron chi connectivity index (χ2n) is 6.22. The SMILES string of the molecule is CN(C(=O)c1ccc(Cl)cc1)C1CCC(C#CCOS(C)(=O)=O)CC1. The third-order valence-corrected chi connectivity index (χ3v) is 5.11. The third-order valence-electron chi connectivity index (χ3n) is 4.31. The molecule has 0 bridgehead atoms. The van der Waals surface area contributed by atoms with Gasteiger partial charge in [0.1, 0.15) is 6.61 Å². The highest BCUT2D eigenvalue weighted by Gasteiger charge is 2.26. The first-order valence-electron chi connectivity index (χ1n) is 8.12. The van der Waals surface area contributed by atoms with Crippen LogP contribution in [-0.2, 0) is 14.3 Å². The van der Waals surface area contributed by atoms with Crippen LogP contribution in [0.4, 0.5) is 0 Å². The van der Waals surface area contributed by atoms with Gasteiger partial charge < -0.3 is 4.90 Å². The van der Waals surface area contributed by atoms with Gasteiger partial charge in [0.25, 0.3) is 16.0 Å². The number of nitrogens with zero attached hydrogens (tertiary/aromatic N) is 1. The maximum Gasteiger partial charge on any atom is 0.265 e. The predicted octanol–water partition coefficient (Wildman–Crippen LogP) is 2.95. The van der Waals surface area contributed by atoms with Gasteiger partial charge in [0.15, 0.2) is 0 Å². The first-order chi connectivity index (χ1) is 11.8. The van der Waals surface area contributed by atoms with Crippen molar-refractivity contribution < 1.29 is 17.4 Å². The minimum absolute atomic E-state index is 0.00671. The van der Waals surface area contributed by atoms with Gasteiger partial charge >= 0.3 is 0 Å². The van der Waals surface area contributed by atoms with Crippen molar-refractivity contribution in [1.82, 2.24) is 4.90 Å². The molecule has 0 unspecified atom stereocenters. The summed E-state index contributed by atoms with van der Waals surface area (Å²) in [5, 5.41) is 0.609. The number of halogens is 1. The molecule has 0 saturated heterocycles. The summed E-state index contributed by atoms with van der Waals surface area (Å²) in [7, 11) is -1.61. The number of carbonyl (C=O) groups excluding carboxylic acids is 1. The van der Waals surface area contributed by atoms with E-state index in [0.29, 0.717) is 10.6 Å². The molecule has 1 aromatic rings. The van der Waals surface area contributed by atoms with Crippen molar-refractivity contribution in [3.63, 3.8) is 0 Å². The molecule has 0 atom stereocenters. The van der Waals surface area contributed by atoms with Crippen LogP contribution in [-0.4, -0.2) is 45.2 Å². The Labute approximate surface area is 154 Å². The molecule has 0 aliphatic heterocycles. The van der Waals surface area contributed by atoms with Crippen molar-refractivity contribution in [2.24, 2.45) is 5.92 Å². The number of amides is 1. The van der Waals surface area contributed by atoms with E-state index in [0.717, 1.165) is 31.9 Å². The van der Waals surface area contributed by atoms with Crippen molar-refractivity contribution in [3.05, 3.63) is 34.9 Å². The van der Waals surface area contributed by atoms with Crippen LogP contribution >= 0.6 is 11.6 Å². The van der Waals surface area contributed by atoms with Gasteiger partial charge in [-0.1, -0.05) is 23.4 Å². The van der Waals surface area contributed by atoms with Crippen LogP contribution in [0, 0.1) is 17.8 Å². The molecule has 1 amide bonds. The average molecular weight is 384 g/mol. The molecule has 136 valence electrons. The topological polar surface area (TPSA) is 63.7 Å². The van der Waals surface area contributed by atoms with Gasteiger partial charge in [0.2, 0.25) is 0 Å². The van der Waals surface area contributed by atoms with Crippen molar-refractivity contribution in [1.29, 1.82) is 0 Å². The molecule has 7 heteroatoms. The number of carbonyl (C=O) groups is 1. The smallest absolute Gasteiger partial charge is 0.265 e. The predicted molar refractivity (Wildman–Crippen MR) is 97.9 cm³/mol. The minimum Gasteiger partial charge on any atom is -0.339 e. The fourth-order valence-corrected chi connectivity index (χ4v) is 3.29. The molecule has 0 aromatic heterocycles. The second kappa shape index (κ2) is 8.70. The monoisotopic (exact) mass is 383 g/mol. The van der Waals surface area contributed by atoms with Gasteiger partial charge in [0, 0.05) is 29.6 Å². The molecule has 25 heavy (non-hydrogen) atoms. The summed E-state index contributed by atoms with van der Waals surface area (Å²) in [6, 6.07) is 7.09. The standard InChI is InChI=1S/C18H22ClNO4S/c1-20(18(21)15-7-9-16(19)10-8-15)17-11-5-14(6-12-17)4-3-13-24-25(2,22)23/h7-10,14,17H,5-6,11-13H2,1-2H3.